The minimum Gasteiger partial charge on any atom is -0.348 e. The van der Waals surface area contributed by atoms with Crippen LogP contribution in [0.5, 0.6) is 0 Å². The molecule has 1 fully saturated rings. The zero-order valence-electron chi connectivity index (χ0n) is 47.8. The quantitative estimate of drug-likeness (QED) is 0.0211. The number of hydrogen-bond acceptors (Lipinski definition) is 16. The van der Waals surface area contributed by atoms with Crippen LogP contribution >= 0.6 is 0 Å². The molecule has 9 amide bonds. The fourth-order valence-electron chi connectivity index (χ4n) is 8.91. The second-order valence-corrected chi connectivity index (χ2v) is 22.1. The summed E-state index contributed by atoms with van der Waals surface area (Å²) < 4.78 is 32.7. The van der Waals surface area contributed by atoms with Crippen molar-refractivity contribution in [2.24, 2.45) is 22.7 Å². The van der Waals surface area contributed by atoms with Crippen molar-refractivity contribution >= 4 is 75.3 Å². The standard InChI is InChI=1S/C57H75N13O12S.H3N/c1-35(2)29-45(66-57(79)47-17-12-28-70(47)37(5)71)53(75)61-34-50(72)63-44(25-21-38-13-7-6-8-14-38)55(77)64-43(16-11-27-58)54(76)65-46(30-36(3)4)56(78)69-68-52(74)40-22-19-39(20-23-40)31-60-51(73)42-24-26-49(59-32-42)67-62-33-41-15-9-10-18-48(41)83(80,81)82;/h6-10,13-15,18-20,22-24,26,32-33,35-36,43-47H,11-12,16-17,21,25,27-31,34,58H2,1-5H3,(H,59,67)(H,60,73)(H,61,75)(H,63,72)(H,64,77)(H,65,76)(H,66,79)(H,68,74)(H,69,78)(H,80,81,82);1H3/b62-33+;/t43-,44-,45-,46-,47-;/m0./s1. The Bertz CT molecular complexity index is 3040. The molecule has 1 aromatic heterocycles. The summed E-state index contributed by atoms with van der Waals surface area (Å²) in [6, 6.07) is 18.7. The predicted octanol–water partition coefficient (Wildman–Crippen LogP) is 2.16. The number of rotatable bonds is 29. The number of amides is 9. The van der Waals surface area contributed by atoms with Gasteiger partial charge in [0.05, 0.1) is 18.3 Å². The van der Waals surface area contributed by atoms with Crippen LogP contribution in [0.4, 0.5) is 5.82 Å². The Balaban J connectivity index is 0.0000151. The van der Waals surface area contributed by atoms with Crippen molar-refractivity contribution in [3.63, 3.8) is 0 Å². The highest BCUT2D eigenvalue weighted by Gasteiger charge is 2.35. The first-order chi connectivity index (χ1) is 39.5. The minimum absolute atomic E-state index is 0. The van der Waals surface area contributed by atoms with Crippen LogP contribution in [0.1, 0.15) is 117 Å². The van der Waals surface area contributed by atoms with E-state index in [1.807, 2.05) is 58.0 Å². The molecule has 1 saturated heterocycles. The van der Waals surface area contributed by atoms with Crippen molar-refractivity contribution in [1.29, 1.82) is 0 Å². The third-order valence-corrected chi connectivity index (χ3v) is 14.1. The molecule has 5 rings (SSSR count). The Morgan fingerprint density at radius 3 is 1.94 bits per heavy atom. The molecule has 1 aliphatic heterocycles. The number of aromatic nitrogens is 1. The molecule has 5 atom stereocenters. The fraction of sp³-hybridized carbons (Fsp3) is 0.421. The van der Waals surface area contributed by atoms with Crippen LogP contribution in [-0.4, -0.2) is 132 Å². The van der Waals surface area contributed by atoms with Crippen LogP contribution in [0.2, 0.25) is 0 Å². The molecular formula is C57H78N14O12S. The number of likely N-dealkylation sites (tertiary alicyclic amines) is 1. The van der Waals surface area contributed by atoms with Gasteiger partial charge in [-0.15, -0.1) is 0 Å². The molecular weight excluding hydrogens is 1100 g/mol. The summed E-state index contributed by atoms with van der Waals surface area (Å²) in [5.41, 5.74) is 15.2. The first kappa shape index (κ1) is 67.8. The van der Waals surface area contributed by atoms with E-state index in [0.29, 0.717) is 37.8 Å². The van der Waals surface area contributed by atoms with E-state index in [0.717, 1.165) is 5.56 Å². The number of nitrogens with zero attached hydrogens (tertiary/aromatic N) is 3. The summed E-state index contributed by atoms with van der Waals surface area (Å²) in [6.45, 7) is 8.91. The van der Waals surface area contributed by atoms with E-state index >= 15 is 0 Å². The largest absolute Gasteiger partial charge is 0.348 e. The maximum atomic E-state index is 14.1. The number of anilines is 1. The molecule has 15 N–H and O–H groups in total. The molecule has 454 valence electrons. The van der Waals surface area contributed by atoms with Crippen LogP contribution in [0, 0.1) is 11.8 Å². The van der Waals surface area contributed by atoms with E-state index < -0.39 is 94.1 Å². The lowest BCUT2D eigenvalue weighted by molar-refractivity contribution is -0.138. The molecule has 0 spiro atoms. The zero-order chi connectivity index (χ0) is 60.6. The molecule has 84 heavy (non-hydrogen) atoms. The maximum absolute atomic E-state index is 14.1. The highest BCUT2D eigenvalue weighted by Crippen LogP contribution is 2.19. The van der Waals surface area contributed by atoms with Crippen molar-refractivity contribution in [2.45, 2.75) is 128 Å². The van der Waals surface area contributed by atoms with Crippen molar-refractivity contribution in [3.8, 4) is 0 Å². The van der Waals surface area contributed by atoms with Gasteiger partial charge in [-0.25, -0.2) is 4.98 Å². The molecule has 0 saturated carbocycles. The zero-order valence-corrected chi connectivity index (χ0v) is 48.6. The van der Waals surface area contributed by atoms with Crippen molar-refractivity contribution in [3.05, 3.63) is 125 Å². The van der Waals surface area contributed by atoms with Crippen molar-refractivity contribution in [1.82, 2.24) is 58.8 Å². The van der Waals surface area contributed by atoms with Gasteiger partial charge in [-0.2, -0.15) is 13.5 Å². The molecule has 26 nitrogen and oxygen atoms in total. The number of nitrogens with one attached hydrogen (secondary N) is 9. The number of carbonyl (C=O) groups is 9. The van der Waals surface area contributed by atoms with Gasteiger partial charge in [-0.05, 0) is 111 Å². The molecule has 0 radical (unpaired) electrons. The topological polar surface area (TPSA) is 406 Å². The van der Waals surface area contributed by atoms with Gasteiger partial charge in [0.25, 0.3) is 27.8 Å². The summed E-state index contributed by atoms with van der Waals surface area (Å²) in [5.74, 6) is -5.29. The molecule has 27 heteroatoms. The number of hydrazine groups is 1. The molecule has 3 aromatic carbocycles. The number of carbonyl (C=O) groups excluding carboxylic acids is 9. The number of benzene rings is 3. The van der Waals surface area contributed by atoms with E-state index in [1.54, 1.807) is 18.2 Å². The molecule has 4 aromatic rings. The van der Waals surface area contributed by atoms with E-state index in [4.69, 9.17) is 5.73 Å². The van der Waals surface area contributed by atoms with Gasteiger partial charge >= 0.3 is 0 Å². The SMILES string of the molecule is CC(=O)N1CCC[C@H]1C(=O)N[C@@H](CC(C)C)C(=O)NCC(=O)N[C@@H](CCc1ccccc1)C(=O)N[C@@H](CCCN)C(=O)N[C@@H](CC(C)C)C(=O)NNC(=O)c1ccc(CNC(=O)c2ccc(N/N=C/c3ccccc3S(=O)(=O)O)nc2)cc1.N. The van der Waals surface area contributed by atoms with Crippen LogP contribution in [0.15, 0.2) is 107 Å². The molecule has 0 aliphatic carbocycles. The monoisotopic (exact) mass is 1180 g/mol. The van der Waals surface area contributed by atoms with Gasteiger partial charge in [0.1, 0.15) is 40.9 Å². The summed E-state index contributed by atoms with van der Waals surface area (Å²) in [5, 5.41) is 20.2. The number of pyridine rings is 1. The number of hydrogen-bond donors (Lipinski definition) is 12. The van der Waals surface area contributed by atoms with Crippen LogP contribution in [0.25, 0.3) is 0 Å². The lowest BCUT2D eigenvalue weighted by Gasteiger charge is -2.27. The van der Waals surface area contributed by atoms with Gasteiger partial charge in [-0.3, -0.25) is 64.0 Å². The molecule has 0 unspecified atom stereocenters. The average Bonchev–Trinajstić information content (AvgIpc) is 4.13. The first-order valence-corrected chi connectivity index (χ1v) is 28.7. The highest BCUT2D eigenvalue weighted by atomic mass is 32.2. The van der Waals surface area contributed by atoms with Gasteiger partial charge < -0.3 is 48.7 Å². The van der Waals surface area contributed by atoms with Gasteiger partial charge in [-0.1, -0.05) is 88.4 Å². The summed E-state index contributed by atoms with van der Waals surface area (Å²) in [6.07, 6.45) is 4.77. The third kappa shape index (κ3) is 21.9. The lowest BCUT2D eigenvalue weighted by atomic mass is 10.0. The van der Waals surface area contributed by atoms with E-state index in [-0.39, 0.29) is 90.1 Å². The van der Waals surface area contributed by atoms with Gasteiger partial charge in [0, 0.05) is 37.3 Å². The van der Waals surface area contributed by atoms with E-state index in [1.165, 1.54) is 66.7 Å². The Kier molecular flexibility index (Phi) is 27.0. The highest BCUT2D eigenvalue weighted by molar-refractivity contribution is 7.86. The van der Waals surface area contributed by atoms with Crippen LogP contribution in [0.3, 0.4) is 0 Å². The van der Waals surface area contributed by atoms with Crippen molar-refractivity contribution < 1.29 is 56.1 Å². The second-order valence-electron chi connectivity index (χ2n) is 20.7. The second kappa shape index (κ2) is 33.4. The predicted molar refractivity (Wildman–Crippen MR) is 313 cm³/mol. The Hall–Kier alpha value is -8.66. The summed E-state index contributed by atoms with van der Waals surface area (Å²) in [4.78, 5) is 126. The molecule has 2 heterocycles. The van der Waals surface area contributed by atoms with Crippen LogP contribution in [-0.2, 0) is 56.6 Å². The van der Waals surface area contributed by atoms with Gasteiger partial charge in [0.15, 0.2) is 0 Å². The lowest BCUT2D eigenvalue weighted by Crippen LogP contribution is -2.58. The van der Waals surface area contributed by atoms with E-state index in [9.17, 15) is 56.1 Å². The smallest absolute Gasteiger partial charge is 0.295 e. The Morgan fingerprint density at radius 2 is 1.32 bits per heavy atom. The first-order valence-electron chi connectivity index (χ1n) is 27.3. The van der Waals surface area contributed by atoms with Gasteiger partial charge in [0.2, 0.25) is 35.4 Å². The summed E-state index contributed by atoms with van der Waals surface area (Å²) in [7, 11) is -4.47. The minimum atomic E-state index is -4.47. The normalized spacial score (nSPS) is 14.4. The number of aryl methyl sites for hydroxylation is 1. The Labute approximate surface area is 488 Å². The van der Waals surface area contributed by atoms with Crippen molar-refractivity contribution in [2.75, 3.05) is 25.1 Å². The van der Waals surface area contributed by atoms with Crippen LogP contribution < -0.4 is 60.1 Å². The third-order valence-electron chi connectivity index (χ3n) is 13.2. The fourth-order valence-corrected chi connectivity index (χ4v) is 9.58. The number of hydrazone groups is 1. The van der Waals surface area contributed by atoms with E-state index in [2.05, 4.69) is 58.3 Å². The average molecular weight is 1180 g/mol. The number of nitrogens with two attached hydrogens (primary N) is 1. The summed E-state index contributed by atoms with van der Waals surface area (Å²) >= 11 is 0. The maximum Gasteiger partial charge on any atom is 0.295 e. The molecule has 0 bridgehead atoms. The Morgan fingerprint density at radius 1 is 0.702 bits per heavy atom. The molecule has 1 aliphatic rings.